The summed E-state index contributed by atoms with van der Waals surface area (Å²) in [7, 11) is -0.838. The molecule has 0 saturated heterocycles. The highest BCUT2D eigenvalue weighted by molar-refractivity contribution is 7.80. The Morgan fingerprint density at radius 2 is 1.32 bits per heavy atom. The molecule has 3 rings (SSSR count). The normalized spacial score (nSPS) is 10.6. The van der Waals surface area contributed by atoms with Gasteiger partial charge in [0, 0.05) is 5.30 Å². The lowest BCUT2D eigenvalue weighted by Gasteiger charge is -2.21. The fraction of sp³-hybridized carbons (Fsp3) is 0.143. The third kappa shape index (κ3) is 4.60. The molecule has 3 N–H and O–H groups in total. The summed E-state index contributed by atoms with van der Waals surface area (Å²) in [6.07, 6.45) is 0.0991. The van der Waals surface area contributed by atoms with Gasteiger partial charge < -0.3 is 15.3 Å². The van der Waals surface area contributed by atoms with Crippen molar-refractivity contribution < 1.29 is 15.3 Å². The van der Waals surface area contributed by atoms with E-state index < -0.39 is 7.92 Å². The van der Waals surface area contributed by atoms with Crippen molar-refractivity contribution in [3.8, 4) is 11.5 Å². The van der Waals surface area contributed by atoms with E-state index in [1.54, 1.807) is 6.07 Å². The zero-order valence-electron chi connectivity index (χ0n) is 14.4. The molecule has 0 atom stereocenters. The van der Waals surface area contributed by atoms with Crippen molar-refractivity contribution >= 4 is 23.8 Å². The van der Waals surface area contributed by atoms with Crippen LogP contribution in [0.25, 0.3) is 0 Å². The Labute approximate surface area is 150 Å². The highest BCUT2D eigenvalue weighted by Gasteiger charge is 2.20. The quantitative estimate of drug-likeness (QED) is 0.716. The van der Waals surface area contributed by atoms with Crippen molar-refractivity contribution in [1.82, 2.24) is 0 Å². The number of ether oxygens (including phenoxy) is 1. The zero-order valence-corrected chi connectivity index (χ0v) is 15.3. The van der Waals surface area contributed by atoms with Crippen LogP contribution < -0.4 is 20.7 Å². The van der Waals surface area contributed by atoms with Crippen molar-refractivity contribution in [2.75, 3.05) is 0 Å². The second kappa shape index (κ2) is 8.66. The zero-order chi connectivity index (χ0) is 16.9. The topological polar surface area (TPSA) is 61.0 Å². The maximum atomic E-state index is 10.5. The molecule has 0 aromatic heterocycles. The minimum Gasteiger partial charge on any atom is -0.507 e. The van der Waals surface area contributed by atoms with Crippen LogP contribution in [0.3, 0.4) is 0 Å². The summed E-state index contributed by atoms with van der Waals surface area (Å²) in [5, 5.41) is 13.8. The molecule has 0 fully saturated rings. The van der Waals surface area contributed by atoms with Crippen LogP contribution in [0, 0.1) is 0 Å². The first-order valence-corrected chi connectivity index (χ1v) is 9.39. The summed E-state index contributed by atoms with van der Waals surface area (Å²) in [4.78, 5) is 0. The van der Waals surface area contributed by atoms with Gasteiger partial charge >= 0.3 is 0 Å². The molecule has 0 heterocycles. The molecular formula is C21H23O3P. The summed E-state index contributed by atoms with van der Waals surface area (Å²) < 4.78 is 5.83. The van der Waals surface area contributed by atoms with Crippen molar-refractivity contribution in [2.24, 2.45) is 0 Å². The second-order valence-corrected chi connectivity index (χ2v) is 8.01. The maximum absolute atomic E-state index is 10.5. The predicted octanol–water partition coefficient (Wildman–Crippen LogP) is 3.11. The van der Waals surface area contributed by atoms with E-state index in [2.05, 4.69) is 24.3 Å². The fourth-order valence-electron chi connectivity index (χ4n) is 2.61. The van der Waals surface area contributed by atoms with Gasteiger partial charge in [-0.1, -0.05) is 60.7 Å². The first-order valence-electron chi connectivity index (χ1n) is 8.05. The summed E-state index contributed by atoms with van der Waals surface area (Å²) >= 11 is 0. The lowest BCUT2D eigenvalue weighted by atomic mass is 10.3. The van der Waals surface area contributed by atoms with Gasteiger partial charge in [-0.25, -0.2) is 0 Å². The second-order valence-electron chi connectivity index (χ2n) is 5.82. The van der Waals surface area contributed by atoms with E-state index >= 15 is 0 Å². The summed E-state index contributed by atoms with van der Waals surface area (Å²) in [6, 6.07) is 26.2. The molecule has 0 unspecified atom stereocenters. The van der Waals surface area contributed by atoms with E-state index in [1.165, 1.54) is 10.6 Å². The molecule has 3 nitrogen and oxygen atoms in total. The van der Waals surface area contributed by atoms with Crippen LogP contribution in [-0.4, -0.2) is 16.7 Å². The molecule has 25 heavy (non-hydrogen) atoms. The minimum absolute atomic E-state index is 0. The smallest absolute Gasteiger partial charge is 0.124 e. The molecule has 0 spiro atoms. The van der Waals surface area contributed by atoms with E-state index in [9.17, 15) is 5.11 Å². The lowest BCUT2D eigenvalue weighted by molar-refractivity contribution is 0.242. The largest absolute Gasteiger partial charge is 0.507 e. The van der Waals surface area contributed by atoms with Gasteiger partial charge in [0.2, 0.25) is 0 Å². The molecular weight excluding hydrogens is 331 g/mol. The summed E-state index contributed by atoms with van der Waals surface area (Å²) in [5.41, 5.74) is 0. The minimum atomic E-state index is -0.838. The molecule has 0 saturated carbocycles. The standard InChI is InChI=1S/C21H21O2P.H2O/c1-16(2)23-17-13-14-20(22)21(15-17)24(18-9-5-3-6-10-18)19-11-7-4-8-12-19;/h3-16,22H,1-2H3;1H2. The van der Waals surface area contributed by atoms with Crippen LogP contribution >= 0.6 is 7.92 Å². The van der Waals surface area contributed by atoms with Crippen LogP contribution in [0.5, 0.6) is 11.5 Å². The number of hydrogen-bond donors (Lipinski definition) is 1. The van der Waals surface area contributed by atoms with Crippen molar-refractivity contribution in [3.63, 3.8) is 0 Å². The summed E-state index contributed by atoms with van der Waals surface area (Å²) in [6.45, 7) is 4.01. The molecule has 130 valence electrons. The van der Waals surface area contributed by atoms with Gasteiger partial charge in [-0.2, -0.15) is 0 Å². The number of rotatable bonds is 5. The maximum Gasteiger partial charge on any atom is 0.124 e. The van der Waals surface area contributed by atoms with Crippen molar-refractivity contribution in [3.05, 3.63) is 78.9 Å². The lowest BCUT2D eigenvalue weighted by Crippen LogP contribution is -2.21. The SMILES string of the molecule is CC(C)Oc1ccc(O)c(P(c2ccccc2)c2ccccc2)c1.O. The van der Waals surface area contributed by atoms with E-state index in [0.717, 1.165) is 11.1 Å². The molecule has 0 aliphatic heterocycles. The first-order chi connectivity index (χ1) is 11.6. The van der Waals surface area contributed by atoms with E-state index in [4.69, 9.17) is 4.74 Å². The molecule has 0 radical (unpaired) electrons. The average Bonchev–Trinajstić information content (AvgIpc) is 2.59. The highest BCUT2D eigenvalue weighted by atomic mass is 31.1. The average molecular weight is 354 g/mol. The third-order valence-corrected chi connectivity index (χ3v) is 6.06. The van der Waals surface area contributed by atoms with E-state index in [0.29, 0.717) is 5.75 Å². The fourth-order valence-corrected chi connectivity index (χ4v) is 4.96. The van der Waals surface area contributed by atoms with Gasteiger partial charge in [-0.15, -0.1) is 0 Å². The van der Waals surface area contributed by atoms with Gasteiger partial charge in [-0.05, 0) is 50.6 Å². The molecule has 0 aliphatic carbocycles. The molecule has 4 heteroatoms. The Morgan fingerprint density at radius 3 is 1.80 bits per heavy atom. The van der Waals surface area contributed by atoms with Crippen molar-refractivity contribution in [1.29, 1.82) is 0 Å². The van der Waals surface area contributed by atoms with E-state index in [1.807, 2.05) is 62.4 Å². The number of hydrogen-bond acceptors (Lipinski definition) is 2. The Balaban J connectivity index is 0.00000225. The van der Waals surface area contributed by atoms with Crippen LogP contribution in [0.2, 0.25) is 0 Å². The van der Waals surface area contributed by atoms with Gasteiger partial charge in [0.25, 0.3) is 0 Å². The Hall–Kier alpha value is -2.35. The number of phenolic OH excluding ortho intramolecular Hbond substituents is 1. The molecule has 3 aromatic carbocycles. The summed E-state index contributed by atoms with van der Waals surface area (Å²) in [5.74, 6) is 1.10. The van der Waals surface area contributed by atoms with Crippen LogP contribution in [0.1, 0.15) is 13.8 Å². The van der Waals surface area contributed by atoms with Gasteiger partial charge in [-0.3, -0.25) is 0 Å². The molecule has 3 aromatic rings. The Morgan fingerprint density at radius 1 is 0.800 bits per heavy atom. The highest BCUT2D eigenvalue weighted by Crippen LogP contribution is 2.37. The molecule has 0 bridgehead atoms. The van der Waals surface area contributed by atoms with Crippen LogP contribution in [0.15, 0.2) is 78.9 Å². The Bertz CT molecular complexity index is 749. The number of phenols is 1. The van der Waals surface area contributed by atoms with Gasteiger partial charge in [0.1, 0.15) is 11.5 Å². The molecule has 0 amide bonds. The van der Waals surface area contributed by atoms with E-state index in [-0.39, 0.29) is 11.6 Å². The Kier molecular flexibility index (Phi) is 6.58. The van der Waals surface area contributed by atoms with Gasteiger partial charge in [0.05, 0.1) is 6.10 Å². The first kappa shape index (κ1) is 19.0. The number of aromatic hydroxyl groups is 1. The molecule has 0 aliphatic rings. The monoisotopic (exact) mass is 354 g/mol. The van der Waals surface area contributed by atoms with Crippen LogP contribution in [-0.2, 0) is 0 Å². The predicted molar refractivity (Wildman–Crippen MR) is 106 cm³/mol. The van der Waals surface area contributed by atoms with Gasteiger partial charge in [0.15, 0.2) is 0 Å². The number of benzene rings is 3. The third-order valence-electron chi connectivity index (χ3n) is 3.59. The van der Waals surface area contributed by atoms with Crippen molar-refractivity contribution in [2.45, 2.75) is 20.0 Å². The van der Waals surface area contributed by atoms with Crippen LogP contribution in [0.4, 0.5) is 0 Å².